The molecule has 2 fully saturated rings. The highest BCUT2D eigenvalue weighted by Gasteiger charge is 2.40. The molecule has 0 saturated carbocycles. The molecule has 0 radical (unpaired) electrons. The zero-order chi connectivity index (χ0) is 26.3. The Morgan fingerprint density at radius 1 is 1.05 bits per heavy atom. The number of carbonyl (C=O) groups is 2. The quantitative estimate of drug-likeness (QED) is 0.394. The van der Waals surface area contributed by atoms with E-state index in [0.717, 1.165) is 64.5 Å². The van der Waals surface area contributed by atoms with Crippen LogP contribution in [0.5, 0.6) is 0 Å². The van der Waals surface area contributed by atoms with Crippen LogP contribution in [0.1, 0.15) is 54.6 Å². The van der Waals surface area contributed by atoms with E-state index in [4.69, 9.17) is 11.6 Å². The van der Waals surface area contributed by atoms with Gasteiger partial charge in [-0.15, -0.1) is 0 Å². The molecule has 3 heterocycles. The van der Waals surface area contributed by atoms with Gasteiger partial charge in [-0.05, 0) is 86.7 Å². The lowest BCUT2D eigenvalue weighted by Crippen LogP contribution is -2.52. The Morgan fingerprint density at radius 2 is 1.76 bits per heavy atom. The van der Waals surface area contributed by atoms with Crippen molar-refractivity contribution in [2.45, 2.75) is 45.1 Å². The van der Waals surface area contributed by atoms with Gasteiger partial charge in [-0.3, -0.25) is 19.7 Å². The van der Waals surface area contributed by atoms with E-state index in [1.165, 1.54) is 10.3 Å². The number of aromatic nitrogens is 1. The van der Waals surface area contributed by atoms with E-state index in [2.05, 4.69) is 48.9 Å². The van der Waals surface area contributed by atoms with Crippen molar-refractivity contribution in [3.8, 4) is 0 Å². The van der Waals surface area contributed by atoms with Crippen LogP contribution in [0.3, 0.4) is 0 Å². The third-order valence-electron chi connectivity index (χ3n) is 8.12. The van der Waals surface area contributed by atoms with Crippen LogP contribution in [-0.4, -0.2) is 71.0 Å². The second-order valence-corrected chi connectivity index (χ2v) is 12.4. The van der Waals surface area contributed by atoms with Gasteiger partial charge >= 0.3 is 0 Å². The Hall–Kier alpha value is -1.68. The van der Waals surface area contributed by atoms with Crippen molar-refractivity contribution < 1.29 is 19.5 Å². The molecule has 1 aromatic carbocycles. The van der Waals surface area contributed by atoms with Crippen molar-refractivity contribution >= 4 is 55.3 Å². The summed E-state index contributed by atoms with van der Waals surface area (Å²) in [7, 11) is 0. The van der Waals surface area contributed by atoms with Gasteiger partial charge in [0.25, 0.3) is 5.69 Å². The zero-order valence-electron chi connectivity index (χ0n) is 20.9. The average molecular weight is 656 g/mol. The number of benzene rings is 1. The van der Waals surface area contributed by atoms with Crippen LogP contribution in [0, 0.1) is 5.92 Å². The van der Waals surface area contributed by atoms with Crippen molar-refractivity contribution in [1.29, 1.82) is 0 Å². The van der Waals surface area contributed by atoms with Gasteiger partial charge in [0, 0.05) is 67.4 Å². The Bertz CT molecular complexity index is 1210. The van der Waals surface area contributed by atoms with Crippen LogP contribution in [0.25, 0.3) is 0 Å². The molecule has 0 unspecified atom stereocenters. The molecule has 0 spiro atoms. The van der Waals surface area contributed by atoms with Gasteiger partial charge in [0.05, 0.1) is 9.50 Å². The number of hydrogen-bond acceptors (Lipinski definition) is 4. The predicted molar refractivity (Wildman–Crippen MR) is 148 cm³/mol. The van der Waals surface area contributed by atoms with E-state index in [1.54, 1.807) is 13.1 Å². The Balaban J connectivity index is 1.33. The molecule has 2 aliphatic heterocycles. The van der Waals surface area contributed by atoms with Crippen LogP contribution in [0.4, 0.5) is 0 Å². The number of aryl methyl sites for hydroxylation is 1. The first-order chi connectivity index (χ1) is 17.7. The molecule has 2 amide bonds. The summed E-state index contributed by atoms with van der Waals surface area (Å²) in [5.41, 5.74) is 4.27. The van der Waals surface area contributed by atoms with E-state index >= 15 is 0 Å². The maximum absolute atomic E-state index is 13.1. The van der Waals surface area contributed by atoms with Gasteiger partial charge in [0.15, 0.2) is 0 Å². The lowest BCUT2D eigenvalue weighted by Gasteiger charge is -2.39. The number of amides is 2. The summed E-state index contributed by atoms with van der Waals surface area (Å²) in [6, 6.07) is 5.94. The summed E-state index contributed by atoms with van der Waals surface area (Å²) >= 11 is 13.7. The lowest BCUT2D eigenvalue weighted by molar-refractivity contribution is -0.911. The third kappa shape index (κ3) is 5.56. The van der Waals surface area contributed by atoms with Crippen molar-refractivity contribution in [2.75, 3.05) is 39.3 Å². The molecule has 1 atom stereocenters. The Labute approximate surface area is 239 Å². The summed E-state index contributed by atoms with van der Waals surface area (Å²) in [5, 5.41) is 11.7. The van der Waals surface area contributed by atoms with Gasteiger partial charge in [0.2, 0.25) is 18.0 Å². The van der Waals surface area contributed by atoms with Crippen LogP contribution in [0.2, 0.25) is 5.02 Å². The van der Waals surface area contributed by atoms with Gasteiger partial charge in [-0.2, -0.15) is 0 Å². The number of pyridine rings is 1. The van der Waals surface area contributed by atoms with Crippen LogP contribution in [0.15, 0.2) is 33.3 Å². The smallest absolute Gasteiger partial charge is 0.258 e. The normalized spacial score (nSPS) is 20.8. The number of nitrogens with zero attached hydrogens (tertiary/aromatic N) is 4. The summed E-state index contributed by atoms with van der Waals surface area (Å²) in [6.45, 7) is 5.85. The van der Waals surface area contributed by atoms with Gasteiger partial charge in [0.1, 0.15) is 6.04 Å². The van der Waals surface area contributed by atoms with Gasteiger partial charge < -0.3 is 9.80 Å². The molecule has 7 nitrogen and oxygen atoms in total. The van der Waals surface area contributed by atoms with E-state index in [1.807, 2.05) is 15.9 Å². The molecular formula is C27H32Br2ClN4O3+. The number of halogens is 3. The van der Waals surface area contributed by atoms with Crippen molar-refractivity contribution in [3.05, 3.63) is 60.7 Å². The first-order valence-corrected chi connectivity index (χ1v) is 14.9. The molecule has 10 heteroatoms. The van der Waals surface area contributed by atoms with Crippen LogP contribution >= 0.6 is 43.5 Å². The highest BCUT2D eigenvalue weighted by molar-refractivity contribution is 9.10. The Morgan fingerprint density at radius 3 is 2.43 bits per heavy atom. The third-order valence-corrected chi connectivity index (χ3v) is 10.0. The Kier molecular flexibility index (Phi) is 8.15. The fraction of sp³-hybridized carbons (Fsp3) is 0.519. The summed E-state index contributed by atoms with van der Waals surface area (Å²) in [4.78, 5) is 31.0. The number of piperazine rings is 1. The number of fused-ring (bicyclic) bond motifs is 2. The van der Waals surface area contributed by atoms with E-state index in [-0.39, 0.29) is 17.9 Å². The van der Waals surface area contributed by atoms with E-state index in [0.29, 0.717) is 43.5 Å². The molecule has 3 aliphatic rings. The highest BCUT2D eigenvalue weighted by atomic mass is 79.9. The SMILES string of the molecule is CC(=O)N1CCC(CC(=O)N2CCN([C@@H]3c4ccc(Cl)c(Br)c4CCc4cc(Br)c[n+](O)c43)CC2)CC1. The van der Waals surface area contributed by atoms with E-state index in [9.17, 15) is 14.8 Å². The van der Waals surface area contributed by atoms with Gasteiger partial charge in [-0.25, -0.2) is 0 Å². The fourth-order valence-corrected chi connectivity index (χ4v) is 7.27. The number of hydrogen-bond donors (Lipinski definition) is 1. The molecule has 2 aromatic rings. The van der Waals surface area contributed by atoms with Crippen LogP contribution < -0.4 is 4.73 Å². The number of likely N-dealkylation sites (tertiary alicyclic amines) is 1. The summed E-state index contributed by atoms with van der Waals surface area (Å²) in [5.74, 6) is 0.669. The van der Waals surface area contributed by atoms with Crippen molar-refractivity contribution in [2.24, 2.45) is 5.92 Å². The maximum Gasteiger partial charge on any atom is 0.258 e. The fourth-order valence-electron chi connectivity index (χ4n) is 6.06. The minimum Gasteiger partial charge on any atom is -0.343 e. The molecule has 5 rings (SSSR count). The zero-order valence-corrected chi connectivity index (χ0v) is 24.9. The monoisotopic (exact) mass is 653 g/mol. The standard InChI is InChI=1S/C27H32Br2ClN4O3/c1-17(35)31-8-6-18(7-9-31)14-24(36)32-10-12-33(13-11-32)27-22-4-5-23(30)25(29)21(22)3-2-19-15-20(28)16-34(37)26(19)27/h4-5,15-16,18,27,37H,2-3,6-14H2,1H3/q+1/t27-/m1/s1. The predicted octanol–water partition coefficient (Wildman–Crippen LogP) is 4.37. The van der Waals surface area contributed by atoms with Crippen molar-refractivity contribution in [3.63, 3.8) is 0 Å². The average Bonchev–Trinajstić information content (AvgIpc) is 3.04. The van der Waals surface area contributed by atoms with Crippen LogP contribution in [-0.2, 0) is 22.4 Å². The molecule has 0 bridgehead atoms. The molecule has 198 valence electrons. The number of rotatable bonds is 3. The summed E-state index contributed by atoms with van der Waals surface area (Å²) < 4.78 is 3.00. The summed E-state index contributed by atoms with van der Waals surface area (Å²) in [6.07, 6.45) is 5.64. The minimum absolute atomic E-state index is 0.119. The topological polar surface area (TPSA) is 68.0 Å². The molecule has 37 heavy (non-hydrogen) atoms. The molecule has 2 saturated heterocycles. The number of piperidine rings is 1. The van der Waals surface area contributed by atoms with Crippen molar-refractivity contribution in [1.82, 2.24) is 14.7 Å². The van der Waals surface area contributed by atoms with Gasteiger partial charge in [-0.1, -0.05) is 17.7 Å². The second-order valence-electron chi connectivity index (χ2n) is 10.3. The first kappa shape index (κ1) is 26.9. The molecule has 1 aromatic heterocycles. The maximum atomic E-state index is 13.1. The largest absolute Gasteiger partial charge is 0.343 e. The highest BCUT2D eigenvalue weighted by Crippen LogP contribution is 2.41. The molecular weight excluding hydrogens is 624 g/mol. The second kappa shape index (κ2) is 11.2. The molecule has 1 N–H and O–H groups in total. The lowest BCUT2D eigenvalue weighted by atomic mass is 9.92. The molecule has 1 aliphatic carbocycles. The minimum atomic E-state index is -0.146. The van der Waals surface area contributed by atoms with E-state index < -0.39 is 0 Å². The first-order valence-electron chi connectivity index (χ1n) is 12.9. The number of carbonyl (C=O) groups excluding carboxylic acids is 2.